The molecule has 0 atom stereocenters. The number of hydrogen-bond acceptors (Lipinski definition) is 8. The lowest BCUT2D eigenvalue weighted by Gasteiger charge is -2.32. The van der Waals surface area contributed by atoms with Crippen LogP contribution < -0.4 is 16.0 Å². The van der Waals surface area contributed by atoms with Crippen LogP contribution >= 0.6 is 0 Å². The first-order valence-electron chi connectivity index (χ1n) is 14.1. The first kappa shape index (κ1) is 29.5. The second-order valence-electron chi connectivity index (χ2n) is 11.4. The van der Waals surface area contributed by atoms with Crippen molar-refractivity contribution in [3.05, 3.63) is 72.3 Å². The predicted molar refractivity (Wildman–Crippen MR) is 171 cm³/mol. The second-order valence-corrected chi connectivity index (χ2v) is 11.4. The Kier molecular flexibility index (Phi) is 8.53. The van der Waals surface area contributed by atoms with Gasteiger partial charge in [-0.15, -0.1) is 0 Å². The summed E-state index contributed by atoms with van der Waals surface area (Å²) in [7, 11) is 2.05. The number of hydrogen-bond donors (Lipinski definition) is 4. The summed E-state index contributed by atoms with van der Waals surface area (Å²) >= 11 is 0. The molecule has 4 aromatic rings. The Labute approximate surface area is 250 Å². The molecule has 0 spiro atoms. The number of benzene rings is 3. The molecule has 2 heterocycles. The third kappa shape index (κ3) is 7.44. The zero-order chi connectivity index (χ0) is 30.6. The van der Waals surface area contributed by atoms with Gasteiger partial charge in [0, 0.05) is 60.3 Å². The lowest BCUT2D eigenvalue weighted by atomic mass is 10.1. The van der Waals surface area contributed by atoms with Gasteiger partial charge in [0.2, 0.25) is 0 Å². The van der Waals surface area contributed by atoms with Gasteiger partial charge in [-0.3, -0.25) is 5.32 Å². The van der Waals surface area contributed by atoms with Crippen LogP contribution in [-0.4, -0.2) is 76.9 Å². The zero-order valence-electron chi connectivity index (χ0n) is 24.8. The van der Waals surface area contributed by atoms with Crippen molar-refractivity contribution in [3.8, 4) is 11.4 Å². The molecular formula is C32H36N8O3. The van der Waals surface area contributed by atoms with Crippen LogP contribution in [-0.2, 0) is 4.74 Å². The van der Waals surface area contributed by atoms with Crippen molar-refractivity contribution in [2.75, 3.05) is 49.2 Å². The van der Waals surface area contributed by atoms with Gasteiger partial charge < -0.3 is 30.6 Å². The first-order valence-corrected chi connectivity index (χ1v) is 14.1. The molecular weight excluding hydrogens is 544 g/mol. The Morgan fingerprint density at radius 2 is 1.67 bits per heavy atom. The van der Waals surface area contributed by atoms with E-state index in [-0.39, 0.29) is 6.03 Å². The van der Waals surface area contributed by atoms with Crippen LogP contribution in [0.5, 0.6) is 0 Å². The number of nitrogens with zero attached hydrogens (tertiary/aromatic N) is 4. The van der Waals surface area contributed by atoms with Gasteiger partial charge in [-0.25, -0.2) is 19.6 Å². The van der Waals surface area contributed by atoms with Crippen molar-refractivity contribution in [1.82, 2.24) is 19.8 Å². The number of nitrogens with one attached hydrogen (secondary N) is 4. The summed E-state index contributed by atoms with van der Waals surface area (Å²) in [5.74, 6) is 1.07. The number of anilines is 4. The largest absolute Gasteiger partial charge is 0.444 e. The van der Waals surface area contributed by atoms with E-state index in [1.165, 1.54) is 6.21 Å². The van der Waals surface area contributed by atoms with Crippen LogP contribution in [0.4, 0.5) is 32.5 Å². The first-order chi connectivity index (χ1) is 20.6. The maximum absolute atomic E-state index is 12.9. The highest BCUT2D eigenvalue weighted by Gasteiger charge is 2.20. The number of para-hydroxylation sites is 1. The van der Waals surface area contributed by atoms with Crippen LogP contribution in [0.15, 0.2) is 66.7 Å². The van der Waals surface area contributed by atoms with Crippen molar-refractivity contribution < 1.29 is 14.3 Å². The molecule has 1 aromatic heterocycles. The maximum atomic E-state index is 12.9. The fraction of sp³-hybridized carbons (Fsp3) is 0.281. The van der Waals surface area contributed by atoms with Crippen molar-refractivity contribution in [1.29, 1.82) is 5.41 Å². The molecule has 0 saturated carbocycles. The van der Waals surface area contributed by atoms with Gasteiger partial charge in [0.05, 0.1) is 11.2 Å². The molecule has 0 unspecified atom stereocenters. The van der Waals surface area contributed by atoms with Crippen LogP contribution in [0.25, 0.3) is 22.3 Å². The number of amides is 3. The molecule has 1 aliphatic heterocycles. The number of likely N-dealkylation sites (N-methyl/N-ethyl adjacent to an activating group) is 1. The highest BCUT2D eigenvalue weighted by molar-refractivity contribution is 5.97. The molecule has 0 aliphatic carbocycles. The minimum absolute atomic E-state index is 0.126. The average Bonchev–Trinajstić information content (AvgIpc) is 2.97. The third-order valence-corrected chi connectivity index (χ3v) is 6.87. The van der Waals surface area contributed by atoms with Crippen molar-refractivity contribution in [3.63, 3.8) is 0 Å². The standard InChI is InChI=1S/C32H36N8O3/c1-32(2,3)43-31(42)37-26-13-12-24(19-22(26)20-33)34-29-25-10-5-6-11-27(25)36-28(38-29)21-8-7-9-23(18-21)35-30(41)40-16-14-39(4)15-17-40/h5-13,18-20,33H,14-17H2,1-4H3,(H,35,41)(H,37,42)(H,34,36,38). The average molecular weight is 581 g/mol. The molecule has 3 aromatic carbocycles. The molecule has 0 radical (unpaired) electrons. The summed E-state index contributed by atoms with van der Waals surface area (Å²) in [6, 6.07) is 20.3. The number of aromatic nitrogens is 2. The molecule has 11 heteroatoms. The number of piperazine rings is 1. The number of urea groups is 1. The molecule has 5 rings (SSSR count). The summed E-state index contributed by atoms with van der Waals surface area (Å²) in [4.78, 5) is 38.8. The quantitative estimate of drug-likeness (QED) is 0.200. The molecule has 222 valence electrons. The molecule has 0 bridgehead atoms. The zero-order valence-corrected chi connectivity index (χ0v) is 24.8. The maximum Gasteiger partial charge on any atom is 0.412 e. The normalized spacial score (nSPS) is 13.8. The monoisotopic (exact) mass is 580 g/mol. The van der Waals surface area contributed by atoms with Gasteiger partial charge in [-0.2, -0.15) is 0 Å². The van der Waals surface area contributed by atoms with Gasteiger partial charge >= 0.3 is 12.1 Å². The fourth-order valence-corrected chi connectivity index (χ4v) is 4.67. The van der Waals surface area contributed by atoms with E-state index in [9.17, 15) is 9.59 Å². The highest BCUT2D eigenvalue weighted by atomic mass is 16.6. The summed E-state index contributed by atoms with van der Waals surface area (Å²) in [6.07, 6.45) is 0.577. The smallest absolute Gasteiger partial charge is 0.412 e. The number of rotatable bonds is 6. The fourth-order valence-electron chi connectivity index (χ4n) is 4.67. The van der Waals surface area contributed by atoms with Crippen LogP contribution in [0.1, 0.15) is 26.3 Å². The SMILES string of the molecule is CN1CCN(C(=O)Nc2cccc(-c3nc(Nc4ccc(NC(=O)OC(C)(C)C)c(C=N)c4)c4ccccc4n3)c2)CC1. The van der Waals surface area contributed by atoms with Crippen LogP contribution in [0, 0.1) is 5.41 Å². The summed E-state index contributed by atoms with van der Waals surface area (Å²) < 4.78 is 5.35. The number of fused-ring (bicyclic) bond motifs is 1. The van der Waals surface area contributed by atoms with Gasteiger partial charge in [-0.1, -0.05) is 24.3 Å². The van der Waals surface area contributed by atoms with Crippen molar-refractivity contribution >= 4 is 52.1 Å². The van der Waals surface area contributed by atoms with Crippen LogP contribution in [0.2, 0.25) is 0 Å². The minimum Gasteiger partial charge on any atom is -0.444 e. The van der Waals surface area contributed by atoms with E-state index in [1.807, 2.05) is 53.4 Å². The van der Waals surface area contributed by atoms with E-state index in [0.717, 1.165) is 29.6 Å². The Hall–Kier alpha value is -5.03. The van der Waals surface area contributed by atoms with Gasteiger partial charge in [0.25, 0.3) is 0 Å². The van der Waals surface area contributed by atoms with Gasteiger partial charge in [-0.05, 0) is 70.3 Å². The van der Waals surface area contributed by atoms with E-state index < -0.39 is 11.7 Å². The Morgan fingerprint density at radius 1 is 0.907 bits per heavy atom. The van der Waals surface area contributed by atoms with Gasteiger partial charge in [0.15, 0.2) is 5.82 Å². The molecule has 1 saturated heterocycles. The number of ether oxygens (including phenoxy) is 1. The lowest BCUT2D eigenvalue weighted by molar-refractivity contribution is 0.0636. The molecule has 4 N–H and O–H groups in total. The summed E-state index contributed by atoms with van der Waals surface area (Å²) in [5, 5.41) is 17.8. The summed E-state index contributed by atoms with van der Waals surface area (Å²) in [5.41, 5.74) is 3.15. The molecule has 1 aliphatic rings. The highest BCUT2D eigenvalue weighted by Crippen LogP contribution is 2.30. The molecule has 43 heavy (non-hydrogen) atoms. The van der Waals surface area contributed by atoms with Crippen molar-refractivity contribution in [2.24, 2.45) is 0 Å². The second kappa shape index (κ2) is 12.5. The van der Waals surface area contributed by atoms with Crippen LogP contribution in [0.3, 0.4) is 0 Å². The molecule has 3 amide bonds. The lowest BCUT2D eigenvalue weighted by Crippen LogP contribution is -2.48. The third-order valence-electron chi connectivity index (χ3n) is 6.87. The Bertz CT molecular complexity index is 1660. The Morgan fingerprint density at radius 3 is 2.42 bits per heavy atom. The number of carbonyl (C=O) groups is 2. The van der Waals surface area contributed by atoms with E-state index >= 15 is 0 Å². The molecule has 1 fully saturated rings. The summed E-state index contributed by atoms with van der Waals surface area (Å²) in [6.45, 7) is 8.43. The van der Waals surface area contributed by atoms with E-state index in [2.05, 4.69) is 27.9 Å². The topological polar surface area (TPSA) is 136 Å². The van der Waals surface area contributed by atoms with E-state index in [0.29, 0.717) is 47.4 Å². The number of carbonyl (C=O) groups excluding carboxylic acids is 2. The van der Waals surface area contributed by atoms with Gasteiger partial charge in [0.1, 0.15) is 11.4 Å². The van der Waals surface area contributed by atoms with E-state index in [1.54, 1.807) is 39.0 Å². The Balaban J connectivity index is 1.40. The molecule has 11 nitrogen and oxygen atoms in total. The predicted octanol–water partition coefficient (Wildman–Crippen LogP) is 6.16. The minimum atomic E-state index is -0.641. The van der Waals surface area contributed by atoms with Crippen molar-refractivity contribution in [2.45, 2.75) is 26.4 Å². The van der Waals surface area contributed by atoms with E-state index in [4.69, 9.17) is 20.1 Å².